The number of carbonyl (C=O) groups excluding carboxylic acids is 1. The Kier molecular flexibility index (Phi) is 3.98. The first-order chi connectivity index (χ1) is 10.3. The molecular formula is C18H28O4. The third kappa shape index (κ3) is 2.89. The molecule has 4 rings (SSSR count). The Morgan fingerprint density at radius 1 is 1.14 bits per heavy atom. The largest absolute Gasteiger partial charge is 0.481 e. The molecule has 0 saturated heterocycles. The van der Waals surface area contributed by atoms with Crippen LogP contribution in [0.3, 0.4) is 0 Å². The van der Waals surface area contributed by atoms with Crippen LogP contribution >= 0.6 is 0 Å². The molecule has 0 amide bonds. The maximum Gasteiger partial charge on any atom is 0.309 e. The SMILES string of the molecule is CCC(C)(CC(=O)OCC12CC3CC(CC(C3)C1)C2)C(=O)O. The average molecular weight is 308 g/mol. The van der Waals surface area contributed by atoms with Crippen molar-refractivity contribution < 1.29 is 19.4 Å². The summed E-state index contributed by atoms with van der Waals surface area (Å²) in [5.74, 6) is 1.25. The summed E-state index contributed by atoms with van der Waals surface area (Å²) in [6, 6.07) is 0. The maximum atomic E-state index is 12.1. The second kappa shape index (κ2) is 5.54. The topological polar surface area (TPSA) is 63.6 Å². The number of carbonyl (C=O) groups is 2. The molecule has 1 unspecified atom stereocenters. The Hall–Kier alpha value is -1.06. The van der Waals surface area contributed by atoms with E-state index in [4.69, 9.17) is 4.74 Å². The molecular weight excluding hydrogens is 280 g/mol. The van der Waals surface area contributed by atoms with E-state index >= 15 is 0 Å². The Morgan fingerprint density at radius 2 is 1.64 bits per heavy atom. The molecule has 0 radical (unpaired) electrons. The van der Waals surface area contributed by atoms with Crippen molar-refractivity contribution in [2.75, 3.05) is 6.61 Å². The summed E-state index contributed by atoms with van der Waals surface area (Å²) in [6.07, 6.45) is 8.16. The van der Waals surface area contributed by atoms with Crippen molar-refractivity contribution in [1.29, 1.82) is 0 Å². The zero-order valence-corrected chi connectivity index (χ0v) is 13.8. The minimum atomic E-state index is -1.00. The Bertz CT molecular complexity index is 434. The lowest BCUT2D eigenvalue weighted by atomic mass is 9.50. The van der Waals surface area contributed by atoms with Crippen LogP contribution in [0, 0.1) is 28.6 Å². The van der Waals surface area contributed by atoms with Crippen molar-refractivity contribution >= 4 is 11.9 Å². The highest BCUT2D eigenvalue weighted by atomic mass is 16.5. The van der Waals surface area contributed by atoms with Crippen LogP contribution in [0.1, 0.15) is 65.2 Å². The number of hydrogen-bond donors (Lipinski definition) is 1. The molecule has 0 aromatic carbocycles. The molecule has 4 heteroatoms. The van der Waals surface area contributed by atoms with Gasteiger partial charge in [-0.3, -0.25) is 9.59 Å². The van der Waals surface area contributed by atoms with Gasteiger partial charge in [-0.1, -0.05) is 6.92 Å². The third-order valence-electron chi connectivity index (χ3n) is 6.54. The summed E-state index contributed by atoms with van der Waals surface area (Å²) in [5, 5.41) is 9.27. The summed E-state index contributed by atoms with van der Waals surface area (Å²) in [4.78, 5) is 23.4. The number of aliphatic carboxylic acids is 1. The van der Waals surface area contributed by atoms with Gasteiger partial charge in [-0.05, 0) is 69.6 Å². The lowest BCUT2D eigenvalue weighted by Gasteiger charge is -2.56. The van der Waals surface area contributed by atoms with E-state index in [1.807, 2.05) is 0 Å². The van der Waals surface area contributed by atoms with Gasteiger partial charge in [-0.2, -0.15) is 0 Å². The summed E-state index contributed by atoms with van der Waals surface area (Å²) < 4.78 is 5.57. The lowest BCUT2D eigenvalue weighted by Crippen LogP contribution is -2.48. The molecule has 4 saturated carbocycles. The van der Waals surface area contributed by atoms with Crippen molar-refractivity contribution in [2.24, 2.45) is 28.6 Å². The van der Waals surface area contributed by atoms with Gasteiger partial charge in [0.1, 0.15) is 0 Å². The fourth-order valence-electron chi connectivity index (χ4n) is 5.42. The average Bonchev–Trinajstić information content (AvgIpc) is 2.43. The predicted molar refractivity (Wildman–Crippen MR) is 82.2 cm³/mol. The van der Waals surface area contributed by atoms with E-state index in [0.717, 1.165) is 17.8 Å². The monoisotopic (exact) mass is 308 g/mol. The zero-order valence-electron chi connectivity index (χ0n) is 13.8. The van der Waals surface area contributed by atoms with Crippen LogP contribution in [0.15, 0.2) is 0 Å². The van der Waals surface area contributed by atoms with Gasteiger partial charge in [-0.25, -0.2) is 0 Å². The first-order valence-electron chi connectivity index (χ1n) is 8.73. The number of hydrogen-bond acceptors (Lipinski definition) is 3. The van der Waals surface area contributed by atoms with Crippen molar-refractivity contribution in [3.8, 4) is 0 Å². The van der Waals surface area contributed by atoms with Gasteiger partial charge in [0.25, 0.3) is 0 Å². The van der Waals surface area contributed by atoms with E-state index in [1.54, 1.807) is 13.8 Å². The summed E-state index contributed by atoms with van der Waals surface area (Å²) in [6.45, 7) is 3.94. The van der Waals surface area contributed by atoms with Crippen LogP contribution < -0.4 is 0 Å². The molecule has 1 N–H and O–H groups in total. The van der Waals surface area contributed by atoms with Gasteiger partial charge in [-0.15, -0.1) is 0 Å². The number of esters is 1. The lowest BCUT2D eigenvalue weighted by molar-refractivity contribution is -0.163. The zero-order chi connectivity index (χ0) is 16.0. The molecule has 124 valence electrons. The van der Waals surface area contributed by atoms with E-state index in [-0.39, 0.29) is 17.8 Å². The van der Waals surface area contributed by atoms with Gasteiger partial charge >= 0.3 is 11.9 Å². The van der Waals surface area contributed by atoms with Gasteiger partial charge in [0, 0.05) is 5.41 Å². The molecule has 0 aliphatic heterocycles. The normalized spacial score (nSPS) is 38.5. The van der Waals surface area contributed by atoms with Crippen LogP contribution in [0.5, 0.6) is 0 Å². The van der Waals surface area contributed by atoms with E-state index in [0.29, 0.717) is 13.0 Å². The quantitative estimate of drug-likeness (QED) is 0.761. The number of carboxylic acids is 1. The fraction of sp³-hybridized carbons (Fsp3) is 0.889. The van der Waals surface area contributed by atoms with E-state index in [1.165, 1.54) is 38.5 Å². The highest BCUT2D eigenvalue weighted by molar-refractivity contribution is 5.81. The second-order valence-electron chi connectivity index (χ2n) is 8.47. The molecule has 4 aliphatic rings. The van der Waals surface area contributed by atoms with Crippen LogP contribution in [-0.2, 0) is 14.3 Å². The molecule has 0 heterocycles. The van der Waals surface area contributed by atoms with Gasteiger partial charge in [0.05, 0.1) is 18.4 Å². The van der Waals surface area contributed by atoms with Crippen LogP contribution in [0.4, 0.5) is 0 Å². The van der Waals surface area contributed by atoms with Gasteiger partial charge in [0.15, 0.2) is 0 Å². The Balaban J connectivity index is 1.56. The standard InChI is InChI=1S/C18H28O4/c1-3-17(2,16(20)21)10-15(19)22-11-18-7-12-4-13(8-18)6-14(5-12)9-18/h12-14H,3-11H2,1-2H3,(H,20,21). The highest BCUT2D eigenvalue weighted by Gasteiger charge is 2.51. The van der Waals surface area contributed by atoms with Crippen LogP contribution in [0.25, 0.3) is 0 Å². The fourth-order valence-corrected chi connectivity index (χ4v) is 5.42. The van der Waals surface area contributed by atoms with Gasteiger partial charge < -0.3 is 9.84 Å². The van der Waals surface area contributed by atoms with Crippen molar-refractivity contribution in [3.63, 3.8) is 0 Å². The Labute approximate surface area is 132 Å². The number of rotatable bonds is 6. The van der Waals surface area contributed by atoms with Crippen molar-refractivity contribution in [3.05, 3.63) is 0 Å². The molecule has 0 aromatic rings. The van der Waals surface area contributed by atoms with Crippen molar-refractivity contribution in [1.82, 2.24) is 0 Å². The molecule has 4 bridgehead atoms. The molecule has 0 aromatic heterocycles. The predicted octanol–water partition coefficient (Wildman–Crippen LogP) is 3.64. The van der Waals surface area contributed by atoms with E-state index in [2.05, 4.69) is 0 Å². The smallest absolute Gasteiger partial charge is 0.309 e. The second-order valence-corrected chi connectivity index (χ2v) is 8.47. The minimum absolute atomic E-state index is 0.0226. The number of ether oxygens (including phenoxy) is 1. The molecule has 4 nitrogen and oxygen atoms in total. The summed E-state index contributed by atoms with van der Waals surface area (Å²) in [7, 11) is 0. The first kappa shape index (κ1) is 15.8. The molecule has 22 heavy (non-hydrogen) atoms. The minimum Gasteiger partial charge on any atom is -0.481 e. The molecule has 0 spiro atoms. The molecule has 4 aliphatic carbocycles. The number of carboxylic acid groups (broad SMARTS) is 1. The van der Waals surface area contributed by atoms with E-state index < -0.39 is 11.4 Å². The summed E-state index contributed by atoms with van der Waals surface area (Å²) >= 11 is 0. The summed E-state index contributed by atoms with van der Waals surface area (Å²) in [5.41, 5.74) is -0.797. The molecule has 4 fully saturated rings. The highest BCUT2D eigenvalue weighted by Crippen LogP contribution is 2.60. The first-order valence-corrected chi connectivity index (χ1v) is 8.73. The molecule has 1 atom stereocenters. The van der Waals surface area contributed by atoms with Crippen LogP contribution in [-0.4, -0.2) is 23.7 Å². The van der Waals surface area contributed by atoms with Crippen LogP contribution in [0.2, 0.25) is 0 Å². The van der Waals surface area contributed by atoms with Gasteiger partial charge in [0.2, 0.25) is 0 Å². The van der Waals surface area contributed by atoms with Crippen molar-refractivity contribution in [2.45, 2.75) is 65.2 Å². The Morgan fingerprint density at radius 3 is 2.05 bits per heavy atom. The third-order valence-corrected chi connectivity index (χ3v) is 6.54. The maximum absolute atomic E-state index is 12.1. The van der Waals surface area contributed by atoms with E-state index in [9.17, 15) is 14.7 Å².